The van der Waals surface area contributed by atoms with Gasteiger partial charge in [0.15, 0.2) is 0 Å². The first kappa shape index (κ1) is 26.0. The van der Waals surface area contributed by atoms with Crippen LogP contribution in [-0.2, 0) is 5.41 Å². The van der Waals surface area contributed by atoms with E-state index in [0.29, 0.717) is 34.1 Å². The molecule has 2 aliphatic heterocycles. The van der Waals surface area contributed by atoms with Gasteiger partial charge in [-0.1, -0.05) is 50.2 Å². The van der Waals surface area contributed by atoms with E-state index in [2.05, 4.69) is 13.8 Å². The summed E-state index contributed by atoms with van der Waals surface area (Å²) in [5, 5.41) is 0. The van der Waals surface area contributed by atoms with Gasteiger partial charge in [0.1, 0.15) is 23.0 Å². The van der Waals surface area contributed by atoms with Crippen LogP contribution >= 0.6 is 0 Å². The van der Waals surface area contributed by atoms with Gasteiger partial charge < -0.3 is 9.47 Å². The van der Waals surface area contributed by atoms with Gasteiger partial charge in [-0.25, -0.2) is 0 Å². The average molecular weight is 547 g/mol. The molecule has 8 nitrogen and oxygen atoms in total. The first-order valence-corrected chi connectivity index (χ1v) is 13.1. The van der Waals surface area contributed by atoms with E-state index in [0.717, 1.165) is 20.9 Å². The van der Waals surface area contributed by atoms with Crippen molar-refractivity contribution in [2.24, 2.45) is 0 Å². The molecule has 4 aromatic carbocycles. The van der Waals surface area contributed by atoms with Gasteiger partial charge in [-0.3, -0.25) is 29.0 Å². The third-order valence-corrected chi connectivity index (χ3v) is 7.77. The minimum absolute atomic E-state index is 0.273. The second-order valence-corrected chi connectivity index (χ2v) is 10.6. The van der Waals surface area contributed by atoms with Gasteiger partial charge >= 0.3 is 0 Å². The van der Waals surface area contributed by atoms with Crippen molar-refractivity contribution in [2.45, 2.75) is 19.3 Å². The molecule has 0 saturated heterocycles. The Morgan fingerprint density at radius 2 is 0.878 bits per heavy atom. The van der Waals surface area contributed by atoms with E-state index in [1.165, 1.54) is 14.1 Å². The maximum atomic E-state index is 12.6. The highest BCUT2D eigenvalue weighted by atomic mass is 16.5. The highest BCUT2D eigenvalue weighted by Crippen LogP contribution is 2.38. The number of nitrogens with zero attached hydrogens (tertiary/aromatic N) is 2. The number of amides is 4. The molecule has 2 heterocycles. The van der Waals surface area contributed by atoms with Crippen molar-refractivity contribution < 1.29 is 28.7 Å². The molecule has 204 valence electrons. The van der Waals surface area contributed by atoms with E-state index in [9.17, 15) is 19.2 Å². The van der Waals surface area contributed by atoms with Crippen LogP contribution in [0.2, 0.25) is 0 Å². The zero-order chi connectivity index (χ0) is 29.1. The van der Waals surface area contributed by atoms with Crippen LogP contribution in [0.25, 0.3) is 0 Å². The van der Waals surface area contributed by atoms with Crippen LogP contribution in [-0.4, -0.2) is 47.5 Å². The van der Waals surface area contributed by atoms with E-state index in [4.69, 9.17) is 9.47 Å². The third kappa shape index (κ3) is 4.15. The molecular weight excluding hydrogens is 520 g/mol. The third-order valence-electron chi connectivity index (χ3n) is 7.77. The topological polar surface area (TPSA) is 93.2 Å². The van der Waals surface area contributed by atoms with Gasteiger partial charge in [0.25, 0.3) is 23.6 Å². The van der Waals surface area contributed by atoms with E-state index >= 15 is 0 Å². The van der Waals surface area contributed by atoms with Crippen molar-refractivity contribution >= 4 is 23.6 Å². The summed E-state index contributed by atoms with van der Waals surface area (Å²) < 4.78 is 12.0. The second kappa shape index (κ2) is 9.45. The summed E-state index contributed by atoms with van der Waals surface area (Å²) in [4.78, 5) is 51.9. The number of carbonyl (C=O) groups excluding carboxylic acids is 4. The van der Waals surface area contributed by atoms with E-state index in [-0.39, 0.29) is 40.2 Å². The molecule has 2 aliphatic rings. The molecule has 0 bridgehead atoms. The number of ether oxygens (including phenoxy) is 2. The zero-order valence-corrected chi connectivity index (χ0v) is 22.9. The molecule has 0 N–H and O–H groups in total. The average Bonchev–Trinajstić information content (AvgIpc) is 3.34. The van der Waals surface area contributed by atoms with Gasteiger partial charge in [0, 0.05) is 19.5 Å². The lowest BCUT2D eigenvalue weighted by Gasteiger charge is -2.26. The summed E-state index contributed by atoms with van der Waals surface area (Å²) in [7, 11) is 2.92. The van der Waals surface area contributed by atoms with Gasteiger partial charge in [0.2, 0.25) is 0 Å². The molecule has 6 rings (SSSR count). The Balaban J connectivity index is 1.20. The fraction of sp³-hybridized carbons (Fsp3) is 0.152. The first-order valence-electron chi connectivity index (χ1n) is 13.1. The summed E-state index contributed by atoms with van der Waals surface area (Å²) in [6.45, 7) is 4.21. The Kier molecular flexibility index (Phi) is 5.99. The highest BCUT2D eigenvalue weighted by Gasteiger charge is 2.37. The predicted molar refractivity (Wildman–Crippen MR) is 151 cm³/mol. The number of fused-ring (bicyclic) bond motifs is 2. The van der Waals surface area contributed by atoms with Crippen LogP contribution in [0.3, 0.4) is 0 Å². The molecule has 0 atom stereocenters. The van der Waals surface area contributed by atoms with Crippen molar-refractivity contribution in [1.82, 2.24) is 9.80 Å². The normalized spacial score (nSPS) is 14.4. The molecule has 0 spiro atoms. The largest absolute Gasteiger partial charge is 0.457 e. The number of hydrogen-bond donors (Lipinski definition) is 0. The smallest absolute Gasteiger partial charge is 0.265 e. The maximum Gasteiger partial charge on any atom is 0.265 e. The van der Waals surface area contributed by atoms with Crippen molar-refractivity contribution in [2.75, 3.05) is 14.1 Å². The minimum Gasteiger partial charge on any atom is -0.457 e. The number of hydrogen-bond acceptors (Lipinski definition) is 6. The van der Waals surface area contributed by atoms with Crippen LogP contribution in [0.5, 0.6) is 23.0 Å². The molecule has 0 radical (unpaired) electrons. The first-order chi connectivity index (χ1) is 19.6. The SMILES string of the molecule is CN1C(=O)c2cccc(Oc3ccc(C(C)(C)c4ccc(Oc5cccc6c5C(=O)N(C)C6=O)cc4)cc3)c2C1=O. The molecule has 0 aromatic heterocycles. The molecular formula is C33H26N2O6. The van der Waals surface area contributed by atoms with Gasteiger partial charge in [-0.15, -0.1) is 0 Å². The second-order valence-electron chi connectivity index (χ2n) is 10.6. The molecule has 4 amide bonds. The monoisotopic (exact) mass is 546 g/mol. The van der Waals surface area contributed by atoms with Gasteiger partial charge in [-0.2, -0.15) is 0 Å². The summed E-state index contributed by atoms with van der Waals surface area (Å²) in [6.07, 6.45) is 0. The van der Waals surface area contributed by atoms with Crippen LogP contribution in [0.4, 0.5) is 0 Å². The summed E-state index contributed by atoms with van der Waals surface area (Å²) in [6, 6.07) is 25.2. The lowest BCUT2D eigenvalue weighted by molar-refractivity contribution is 0.0677. The fourth-order valence-corrected chi connectivity index (χ4v) is 5.21. The molecule has 8 heteroatoms. The number of benzene rings is 4. The van der Waals surface area contributed by atoms with Crippen LogP contribution in [0, 0.1) is 0 Å². The molecule has 4 aromatic rings. The Labute approximate surface area is 236 Å². The lowest BCUT2D eigenvalue weighted by Crippen LogP contribution is -2.24. The minimum atomic E-state index is -0.380. The van der Waals surface area contributed by atoms with Gasteiger partial charge in [-0.05, 0) is 59.7 Å². The van der Waals surface area contributed by atoms with Crippen molar-refractivity contribution in [3.05, 3.63) is 118 Å². The summed E-state index contributed by atoms with van der Waals surface area (Å²) >= 11 is 0. The molecule has 0 saturated carbocycles. The van der Waals surface area contributed by atoms with E-state index in [1.807, 2.05) is 48.5 Å². The van der Waals surface area contributed by atoms with E-state index in [1.54, 1.807) is 36.4 Å². The van der Waals surface area contributed by atoms with Crippen LogP contribution in [0.1, 0.15) is 66.4 Å². The molecule has 41 heavy (non-hydrogen) atoms. The Hall–Kier alpha value is -5.24. The number of carbonyl (C=O) groups is 4. The van der Waals surface area contributed by atoms with Crippen molar-refractivity contribution in [3.63, 3.8) is 0 Å². The van der Waals surface area contributed by atoms with Crippen LogP contribution in [0.15, 0.2) is 84.9 Å². The Bertz CT molecular complexity index is 1630. The molecule has 0 fully saturated rings. The standard InChI is InChI=1S/C33H26N2O6/c1-33(2,19-11-15-21(16-12-19)40-25-9-5-7-23-27(25)31(38)34(3)29(23)36)20-13-17-22(18-14-20)41-26-10-6-8-24-28(26)32(39)35(4)30(24)37/h5-18H,1-4H3. The van der Waals surface area contributed by atoms with Crippen molar-refractivity contribution in [1.29, 1.82) is 0 Å². The zero-order valence-electron chi connectivity index (χ0n) is 22.9. The van der Waals surface area contributed by atoms with Crippen LogP contribution < -0.4 is 9.47 Å². The van der Waals surface area contributed by atoms with Gasteiger partial charge in [0.05, 0.1) is 22.3 Å². The number of imide groups is 2. The predicted octanol–water partition coefficient (Wildman–Crippen LogP) is 6.05. The number of rotatable bonds is 6. The summed E-state index contributed by atoms with van der Waals surface area (Å²) in [5.74, 6) is 0.339. The maximum absolute atomic E-state index is 12.6. The fourth-order valence-electron chi connectivity index (χ4n) is 5.21. The Morgan fingerprint density at radius 1 is 0.512 bits per heavy atom. The lowest BCUT2D eigenvalue weighted by atomic mass is 9.78. The Morgan fingerprint density at radius 3 is 1.24 bits per heavy atom. The highest BCUT2D eigenvalue weighted by molar-refractivity contribution is 6.23. The van der Waals surface area contributed by atoms with E-state index < -0.39 is 0 Å². The molecule has 0 aliphatic carbocycles. The quantitative estimate of drug-likeness (QED) is 0.274. The van der Waals surface area contributed by atoms with Crippen molar-refractivity contribution in [3.8, 4) is 23.0 Å². The molecule has 0 unspecified atom stereocenters. The summed E-state index contributed by atoms with van der Waals surface area (Å²) in [5.41, 5.74) is 2.93.